The van der Waals surface area contributed by atoms with E-state index in [1.807, 2.05) is 0 Å². The number of hydrogen-bond donors (Lipinski definition) is 3. The molecule has 1 atom stereocenters. The summed E-state index contributed by atoms with van der Waals surface area (Å²) in [5, 5.41) is 23.2. The van der Waals surface area contributed by atoms with Gasteiger partial charge in [-0.3, -0.25) is 4.90 Å². The van der Waals surface area contributed by atoms with Crippen molar-refractivity contribution < 1.29 is 10.2 Å². The molecule has 1 aromatic rings. The molecule has 1 heterocycles. The minimum Gasteiger partial charge on any atom is -0.508 e. The Balaban J connectivity index is 2.21. The van der Waals surface area contributed by atoms with Crippen molar-refractivity contribution >= 4 is 0 Å². The summed E-state index contributed by atoms with van der Waals surface area (Å²) in [6, 6.07) is 5.03. The quantitative estimate of drug-likeness (QED) is 0.724. The standard InChI is InChI=1S/C16H26N2O2/c1-12(2)3-5-15(18-9-7-17-8-10-18)14-11-13(19)4-6-16(14)20/h4,6,11-12,15,17,19-20H,3,5,7-10H2,1-2H3/t15-/m1/s1. The van der Waals surface area contributed by atoms with Crippen molar-refractivity contribution in [2.24, 2.45) is 5.92 Å². The summed E-state index contributed by atoms with van der Waals surface area (Å²) in [7, 11) is 0. The van der Waals surface area contributed by atoms with Gasteiger partial charge in [-0.25, -0.2) is 0 Å². The van der Waals surface area contributed by atoms with Crippen molar-refractivity contribution in [3.8, 4) is 11.5 Å². The highest BCUT2D eigenvalue weighted by Gasteiger charge is 2.24. The van der Waals surface area contributed by atoms with E-state index in [2.05, 4.69) is 24.1 Å². The second-order valence-corrected chi connectivity index (χ2v) is 6.02. The number of nitrogens with one attached hydrogen (secondary N) is 1. The van der Waals surface area contributed by atoms with Crippen molar-refractivity contribution in [3.05, 3.63) is 23.8 Å². The monoisotopic (exact) mass is 278 g/mol. The summed E-state index contributed by atoms with van der Waals surface area (Å²) in [5.41, 5.74) is 0.854. The number of phenols is 2. The molecule has 0 radical (unpaired) electrons. The van der Waals surface area contributed by atoms with Crippen LogP contribution in [0.4, 0.5) is 0 Å². The van der Waals surface area contributed by atoms with E-state index in [-0.39, 0.29) is 17.5 Å². The average molecular weight is 278 g/mol. The molecule has 1 saturated heterocycles. The van der Waals surface area contributed by atoms with Crippen LogP contribution in [-0.4, -0.2) is 41.3 Å². The Kier molecular flexibility index (Phi) is 5.26. The molecule has 0 aliphatic carbocycles. The SMILES string of the molecule is CC(C)CC[C@H](c1cc(O)ccc1O)N1CCNCC1. The molecule has 1 aromatic carbocycles. The van der Waals surface area contributed by atoms with Crippen LogP contribution in [-0.2, 0) is 0 Å². The molecule has 1 fully saturated rings. The zero-order chi connectivity index (χ0) is 14.5. The van der Waals surface area contributed by atoms with Gasteiger partial charge in [0.25, 0.3) is 0 Å². The Bertz CT molecular complexity index is 428. The van der Waals surface area contributed by atoms with Crippen LogP contribution in [0.2, 0.25) is 0 Å². The number of rotatable bonds is 5. The van der Waals surface area contributed by atoms with Gasteiger partial charge < -0.3 is 15.5 Å². The molecule has 0 bridgehead atoms. The number of aromatic hydroxyl groups is 2. The zero-order valence-corrected chi connectivity index (χ0v) is 12.5. The van der Waals surface area contributed by atoms with Gasteiger partial charge in [-0.15, -0.1) is 0 Å². The van der Waals surface area contributed by atoms with E-state index in [4.69, 9.17) is 0 Å². The lowest BCUT2D eigenvalue weighted by molar-refractivity contribution is 0.157. The van der Waals surface area contributed by atoms with Crippen LogP contribution >= 0.6 is 0 Å². The molecule has 0 saturated carbocycles. The van der Waals surface area contributed by atoms with E-state index in [0.29, 0.717) is 5.92 Å². The molecule has 0 amide bonds. The lowest BCUT2D eigenvalue weighted by atomic mass is 9.95. The van der Waals surface area contributed by atoms with E-state index < -0.39 is 0 Å². The van der Waals surface area contributed by atoms with Gasteiger partial charge >= 0.3 is 0 Å². The van der Waals surface area contributed by atoms with Crippen LogP contribution in [0.15, 0.2) is 18.2 Å². The summed E-state index contributed by atoms with van der Waals surface area (Å²) in [6.45, 7) is 8.37. The number of phenolic OH excluding ortho intramolecular Hbond substituents is 2. The molecule has 1 aliphatic heterocycles. The Hall–Kier alpha value is -1.26. The molecular weight excluding hydrogens is 252 g/mol. The maximum absolute atomic E-state index is 10.1. The van der Waals surface area contributed by atoms with Gasteiger partial charge in [0.05, 0.1) is 0 Å². The Morgan fingerprint density at radius 3 is 2.50 bits per heavy atom. The fourth-order valence-electron chi connectivity index (χ4n) is 2.83. The maximum atomic E-state index is 10.1. The van der Waals surface area contributed by atoms with Gasteiger partial charge in [-0.05, 0) is 37.0 Å². The second kappa shape index (κ2) is 6.95. The molecule has 20 heavy (non-hydrogen) atoms. The first kappa shape index (κ1) is 15.1. The highest BCUT2D eigenvalue weighted by atomic mass is 16.3. The number of benzene rings is 1. The smallest absolute Gasteiger partial charge is 0.120 e. The van der Waals surface area contributed by atoms with Crippen LogP contribution < -0.4 is 5.32 Å². The minimum atomic E-state index is 0.187. The van der Waals surface area contributed by atoms with E-state index >= 15 is 0 Å². The van der Waals surface area contributed by atoms with Crippen molar-refractivity contribution in [1.82, 2.24) is 10.2 Å². The highest BCUT2D eigenvalue weighted by Crippen LogP contribution is 2.35. The minimum absolute atomic E-state index is 0.187. The predicted octanol–water partition coefficient (Wildman–Crippen LogP) is 2.48. The third kappa shape index (κ3) is 3.87. The van der Waals surface area contributed by atoms with Crippen LogP contribution in [0.25, 0.3) is 0 Å². The molecule has 0 spiro atoms. The molecule has 112 valence electrons. The van der Waals surface area contributed by atoms with E-state index in [0.717, 1.165) is 44.6 Å². The lowest BCUT2D eigenvalue weighted by Gasteiger charge is -2.36. The highest BCUT2D eigenvalue weighted by molar-refractivity contribution is 5.40. The van der Waals surface area contributed by atoms with Gasteiger partial charge in [-0.1, -0.05) is 13.8 Å². The summed E-state index contributed by atoms with van der Waals surface area (Å²) in [6.07, 6.45) is 2.12. The van der Waals surface area contributed by atoms with Crippen molar-refractivity contribution in [2.75, 3.05) is 26.2 Å². The lowest BCUT2D eigenvalue weighted by Crippen LogP contribution is -2.45. The number of nitrogens with zero attached hydrogens (tertiary/aromatic N) is 1. The zero-order valence-electron chi connectivity index (χ0n) is 12.5. The molecular formula is C16H26N2O2. The van der Waals surface area contributed by atoms with Gasteiger partial charge in [0.1, 0.15) is 11.5 Å². The molecule has 1 aliphatic rings. The van der Waals surface area contributed by atoms with Crippen LogP contribution in [0, 0.1) is 5.92 Å². The molecule has 4 heteroatoms. The van der Waals surface area contributed by atoms with Crippen molar-refractivity contribution in [3.63, 3.8) is 0 Å². The fourth-order valence-corrected chi connectivity index (χ4v) is 2.83. The molecule has 0 aromatic heterocycles. The summed E-state index contributed by atoms with van der Waals surface area (Å²) >= 11 is 0. The van der Waals surface area contributed by atoms with E-state index in [1.165, 1.54) is 6.07 Å². The first-order chi connectivity index (χ1) is 9.58. The Morgan fingerprint density at radius 1 is 1.15 bits per heavy atom. The van der Waals surface area contributed by atoms with Crippen molar-refractivity contribution in [2.45, 2.75) is 32.7 Å². The topological polar surface area (TPSA) is 55.7 Å². The molecule has 0 unspecified atom stereocenters. The first-order valence-electron chi connectivity index (χ1n) is 7.54. The number of hydrogen-bond acceptors (Lipinski definition) is 4. The third-order valence-corrected chi connectivity index (χ3v) is 3.98. The van der Waals surface area contributed by atoms with Gasteiger partial charge in [0.15, 0.2) is 0 Å². The average Bonchev–Trinajstić information content (AvgIpc) is 2.43. The number of piperazine rings is 1. The molecule has 3 N–H and O–H groups in total. The predicted molar refractivity (Wildman–Crippen MR) is 81.0 cm³/mol. The van der Waals surface area contributed by atoms with Crippen LogP contribution in [0.5, 0.6) is 11.5 Å². The second-order valence-electron chi connectivity index (χ2n) is 6.02. The Morgan fingerprint density at radius 2 is 1.85 bits per heavy atom. The van der Waals surface area contributed by atoms with Gasteiger partial charge in [0, 0.05) is 37.8 Å². The van der Waals surface area contributed by atoms with E-state index in [1.54, 1.807) is 12.1 Å². The van der Waals surface area contributed by atoms with Gasteiger partial charge in [-0.2, -0.15) is 0 Å². The summed E-state index contributed by atoms with van der Waals surface area (Å²) in [4.78, 5) is 2.41. The molecule has 2 rings (SSSR count). The first-order valence-corrected chi connectivity index (χ1v) is 7.54. The van der Waals surface area contributed by atoms with Crippen molar-refractivity contribution in [1.29, 1.82) is 0 Å². The van der Waals surface area contributed by atoms with Crippen LogP contribution in [0.1, 0.15) is 38.3 Å². The largest absolute Gasteiger partial charge is 0.508 e. The summed E-state index contributed by atoms with van der Waals surface area (Å²) < 4.78 is 0. The Labute approximate surface area is 121 Å². The normalized spacial score (nSPS) is 18.4. The van der Waals surface area contributed by atoms with Crippen LogP contribution in [0.3, 0.4) is 0 Å². The van der Waals surface area contributed by atoms with E-state index in [9.17, 15) is 10.2 Å². The third-order valence-electron chi connectivity index (χ3n) is 3.98. The maximum Gasteiger partial charge on any atom is 0.120 e. The molecule has 4 nitrogen and oxygen atoms in total. The summed E-state index contributed by atoms with van der Waals surface area (Å²) in [5.74, 6) is 1.15. The van der Waals surface area contributed by atoms with Gasteiger partial charge in [0.2, 0.25) is 0 Å². The fraction of sp³-hybridized carbons (Fsp3) is 0.625.